The van der Waals surface area contributed by atoms with Gasteiger partial charge in [-0.2, -0.15) is 0 Å². The lowest BCUT2D eigenvalue weighted by molar-refractivity contribution is 0.178. The van der Waals surface area contributed by atoms with Gasteiger partial charge in [-0.05, 0) is 70.4 Å². The quantitative estimate of drug-likeness (QED) is 0.867. The van der Waals surface area contributed by atoms with Gasteiger partial charge in [-0.3, -0.25) is 0 Å². The number of halogens is 1. The fourth-order valence-corrected chi connectivity index (χ4v) is 3.34. The van der Waals surface area contributed by atoms with Gasteiger partial charge in [0.1, 0.15) is 0 Å². The lowest BCUT2D eigenvalue weighted by Crippen LogP contribution is -2.49. The first-order valence-corrected chi connectivity index (χ1v) is 8.56. The molecule has 112 valence electrons. The Morgan fingerprint density at radius 1 is 1.20 bits per heavy atom. The molecular weight excluding hydrogens is 312 g/mol. The van der Waals surface area contributed by atoms with Crippen LogP contribution >= 0.6 is 15.9 Å². The van der Waals surface area contributed by atoms with Crippen LogP contribution < -0.4 is 5.32 Å². The van der Waals surface area contributed by atoms with Gasteiger partial charge in [0.15, 0.2) is 0 Å². The lowest BCUT2D eigenvalue weighted by Gasteiger charge is -2.38. The van der Waals surface area contributed by atoms with Gasteiger partial charge in [-0.25, -0.2) is 0 Å². The molecule has 2 nitrogen and oxygen atoms in total. The van der Waals surface area contributed by atoms with Crippen molar-refractivity contribution in [2.75, 3.05) is 19.6 Å². The average molecular weight is 339 g/mol. The van der Waals surface area contributed by atoms with Crippen molar-refractivity contribution in [2.24, 2.45) is 0 Å². The zero-order chi connectivity index (χ0) is 14.6. The maximum Gasteiger partial charge on any atom is 0.0379 e. The summed E-state index contributed by atoms with van der Waals surface area (Å²) in [4.78, 5) is 2.59. The predicted molar refractivity (Wildman–Crippen MR) is 90.1 cm³/mol. The molecule has 0 atom stereocenters. The smallest absolute Gasteiger partial charge is 0.0379 e. The van der Waals surface area contributed by atoms with E-state index >= 15 is 0 Å². The number of likely N-dealkylation sites (tertiary alicyclic amines) is 1. The molecule has 1 N–H and O–H groups in total. The molecule has 1 aliphatic heterocycles. The Morgan fingerprint density at radius 3 is 2.35 bits per heavy atom. The molecule has 2 rings (SSSR count). The largest absolute Gasteiger partial charge is 0.305 e. The third kappa shape index (κ3) is 4.31. The minimum Gasteiger partial charge on any atom is -0.305 e. The molecule has 0 aromatic heterocycles. The van der Waals surface area contributed by atoms with Crippen LogP contribution in [0.5, 0.6) is 0 Å². The summed E-state index contributed by atoms with van der Waals surface area (Å²) in [6, 6.07) is 9.32. The molecule has 1 fully saturated rings. The van der Waals surface area contributed by atoms with Gasteiger partial charge in [0.2, 0.25) is 0 Å². The van der Waals surface area contributed by atoms with Gasteiger partial charge in [-0.1, -0.05) is 35.0 Å². The molecular formula is C17H27BrN2. The second-order valence-electron chi connectivity index (χ2n) is 6.39. The van der Waals surface area contributed by atoms with E-state index in [2.05, 4.69) is 71.2 Å². The van der Waals surface area contributed by atoms with Crippen LogP contribution in [0.2, 0.25) is 0 Å². The lowest BCUT2D eigenvalue weighted by atomic mass is 9.91. The normalized spacial score (nSPS) is 18.4. The molecule has 0 spiro atoms. The molecule has 0 radical (unpaired) electrons. The number of piperidine rings is 1. The third-order valence-corrected chi connectivity index (χ3v) is 4.79. The van der Waals surface area contributed by atoms with Crippen LogP contribution in [0.1, 0.15) is 45.6 Å². The van der Waals surface area contributed by atoms with E-state index in [0.717, 1.165) is 4.47 Å². The van der Waals surface area contributed by atoms with E-state index in [1.807, 2.05) is 0 Å². The van der Waals surface area contributed by atoms with Gasteiger partial charge in [-0.15, -0.1) is 0 Å². The summed E-state index contributed by atoms with van der Waals surface area (Å²) < 4.78 is 1.14. The summed E-state index contributed by atoms with van der Waals surface area (Å²) in [5.41, 5.74) is 1.40. The highest BCUT2D eigenvalue weighted by Crippen LogP contribution is 2.24. The highest BCUT2D eigenvalue weighted by Gasteiger charge is 2.26. The van der Waals surface area contributed by atoms with Gasteiger partial charge in [0.05, 0.1) is 0 Å². The van der Waals surface area contributed by atoms with E-state index < -0.39 is 0 Å². The molecule has 3 heteroatoms. The van der Waals surface area contributed by atoms with Crippen LogP contribution in [-0.4, -0.2) is 30.6 Å². The number of nitrogens with one attached hydrogen (secondary N) is 1. The number of hydrogen-bond donors (Lipinski definition) is 1. The molecule has 1 aliphatic rings. The Kier molecular flexibility index (Phi) is 5.65. The van der Waals surface area contributed by atoms with Crippen LogP contribution in [0.3, 0.4) is 0 Å². The first kappa shape index (κ1) is 16.0. The Hall–Kier alpha value is -0.380. The Bertz CT molecular complexity index is 406. The molecule has 0 saturated carbocycles. The minimum atomic E-state index is 0.0400. The molecule has 0 aliphatic carbocycles. The predicted octanol–water partition coefficient (Wildman–Crippen LogP) is 4.15. The maximum absolute atomic E-state index is 3.85. The van der Waals surface area contributed by atoms with Crippen molar-refractivity contribution in [3.8, 4) is 0 Å². The van der Waals surface area contributed by atoms with Gasteiger partial charge in [0, 0.05) is 16.1 Å². The van der Waals surface area contributed by atoms with Crippen molar-refractivity contribution in [2.45, 2.75) is 51.6 Å². The molecule has 1 heterocycles. The van der Waals surface area contributed by atoms with Crippen molar-refractivity contribution in [3.63, 3.8) is 0 Å². The Balaban J connectivity index is 1.91. The second-order valence-corrected chi connectivity index (χ2v) is 7.31. The van der Waals surface area contributed by atoms with Crippen molar-refractivity contribution < 1.29 is 0 Å². The summed E-state index contributed by atoms with van der Waals surface area (Å²) in [6.07, 6.45) is 3.79. The van der Waals surface area contributed by atoms with E-state index in [-0.39, 0.29) is 5.54 Å². The van der Waals surface area contributed by atoms with Crippen molar-refractivity contribution >= 4 is 15.9 Å². The zero-order valence-electron chi connectivity index (χ0n) is 13.0. The Labute approximate surface area is 132 Å². The monoisotopic (exact) mass is 338 g/mol. The minimum absolute atomic E-state index is 0.0400. The molecule has 0 unspecified atom stereocenters. The molecule has 1 aromatic rings. The maximum atomic E-state index is 3.85. The molecule has 1 aromatic carbocycles. The standard InChI is InChI=1S/C17H27BrN2/c1-4-11-20-12-9-16(10-13-20)19-17(2,3)14-5-7-15(18)8-6-14/h5-8,16,19H,4,9-13H2,1-3H3. The number of hydrogen-bond acceptors (Lipinski definition) is 2. The van der Waals surface area contributed by atoms with Crippen LogP contribution in [0.4, 0.5) is 0 Å². The highest BCUT2D eigenvalue weighted by atomic mass is 79.9. The van der Waals surface area contributed by atoms with E-state index in [1.54, 1.807) is 0 Å². The fraction of sp³-hybridized carbons (Fsp3) is 0.647. The second kappa shape index (κ2) is 7.06. The summed E-state index contributed by atoms with van der Waals surface area (Å²) in [5.74, 6) is 0. The number of benzene rings is 1. The fourth-order valence-electron chi connectivity index (χ4n) is 3.08. The van der Waals surface area contributed by atoms with E-state index in [0.29, 0.717) is 6.04 Å². The van der Waals surface area contributed by atoms with Crippen LogP contribution in [0, 0.1) is 0 Å². The summed E-state index contributed by atoms with van der Waals surface area (Å²) in [5, 5.41) is 3.85. The van der Waals surface area contributed by atoms with Crippen LogP contribution in [-0.2, 0) is 5.54 Å². The van der Waals surface area contributed by atoms with Gasteiger partial charge in [0.25, 0.3) is 0 Å². The third-order valence-electron chi connectivity index (χ3n) is 4.26. The topological polar surface area (TPSA) is 15.3 Å². The van der Waals surface area contributed by atoms with Crippen LogP contribution in [0.25, 0.3) is 0 Å². The van der Waals surface area contributed by atoms with Crippen molar-refractivity contribution in [1.82, 2.24) is 10.2 Å². The Morgan fingerprint density at radius 2 is 1.80 bits per heavy atom. The molecule has 0 bridgehead atoms. The summed E-state index contributed by atoms with van der Waals surface area (Å²) in [6.45, 7) is 10.6. The average Bonchev–Trinajstić information content (AvgIpc) is 2.41. The van der Waals surface area contributed by atoms with Crippen LogP contribution in [0.15, 0.2) is 28.7 Å². The first-order valence-electron chi connectivity index (χ1n) is 7.77. The van der Waals surface area contributed by atoms with Crippen molar-refractivity contribution in [3.05, 3.63) is 34.3 Å². The van der Waals surface area contributed by atoms with Crippen molar-refractivity contribution in [1.29, 1.82) is 0 Å². The number of nitrogens with zero attached hydrogens (tertiary/aromatic N) is 1. The number of rotatable bonds is 5. The van der Waals surface area contributed by atoms with Gasteiger partial charge >= 0.3 is 0 Å². The molecule has 20 heavy (non-hydrogen) atoms. The van der Waals surface area contributed by atoms with E-state index in [1.165, 1.54) is 44.5 Å². The molecule has 0 amide bonds. The highest BCUT2D eigenvalue weighted by molar-refractivity contribution is 9.10. The molecule has 1 saturated heterocycles. The summed E-state index contributed by atoms with van der Waals surface area (Å²) in [7, 11) is 0. The van der Waals surface area contributed by atoms with E-state index in [4.69, 9.17) is 0 Å². The zero-order valence-corrected chi connectivity index (χ0v) is 14.5. The first-order chi connectivity index (χ1) is 9.51. The SMILES string of the molecule is CCCN1CCC(NC(C)(C)c2ccc(Br)cc2)CC1. The summed E-state index contributed by atoms with van der Waals surface area (Å²) >= 11 is 3.51. The van der Waals surface area contributed by atoms with E-state index in [9.17, 15) is 0 Å². The van der Waals surface area contributed by atoms with Gasteiger partial charge < -0.3 is 10.2 Å².